The van der Waals surface area contributed by atoms with Crippen molar-refractivity contribution in [1.29, 1.82) is 0 Å². The minimum absolute atomic E-state index is 0.0292. The summed E-state index contributed by atoms with van der Waals surface area (Å²) in [6.45, 7) is 8.55. The number of piperazine rings is 1. The summed E-state index contributed by atoms with van der Waals surface area (Å²) in [7, 11) is 0. The van der Waals surface area contributed by atoms with Crippen LogP contribution in [0.1, 0.15) is 29.8 Å². The Labute approximate surface area is 201 Å². The molecule has 0 atom stereocenters. The fourth-order valence-corrected chi connectivity index (χ4v) is 4.04. The number of rotatable bonds is 6. The van der Waals surface area contributed by atoms with E-state index in [1.807, 2.05) is 61.2 Å². The van der Waals surface area contributed by atoms with E-state index in [0.29, 0.717) is 31.7 Å². The van der Waals surface area contributed by atoms with Crippen LogP contribution in [-0.4, -0.2) is 70.6 Å². The summed E-state index contributed by atoms with van der Waals surface area (Å²) in [6.07, 6.45) is 0. The van der Waals surface area contributed by atoms with Crippen molar-refractivity contribution in [3.8, 4) is 11.3 Å². The lowest BCUT2D eigenvalue weighted by molar-refractivity contribution is -0.132. The first kappa shape index (κ1) is 23.4. The Bertz CT molecular complexity index is 1110. The number of carbonyl (C=O) groups excluding carboxylic acids is 2. The van der Waals surface area contributed by atoms with Gasteiger partial charge in [-0.05, 0) is 45.0 Å². The van der Waals surface area contributed by atoms with Crippen molar-refractivity contribution >= 4 is 17.6 Å². The maximum atomic E-state index is 13.0. The third-order valence-electron chi connectivity index (χ3n) is 6.16. The molecule has 0 unspecified atom stereocenters. The minimum atomic E-state index is -0.119. The van der Waals surface area contributed by atoms with Crippen LogP contribution < -0.4 is 4.90 Å². The lowest BCUT2D eigenvalue weighted by atomic mass is 10.1. The van der Waals surface area contributed by atoms with Crippen LogP contribution in [0.15, 0.2) is 66.7 Å². The van der Waals surface area contributed by atoms with Crippen molar-refractivity contribution in [2.75, 3.05) is 37.6 Å². The average Bonchev–Trinajstić information content (AvgIpc) is 2.88. The molecule has 34 heavy (non-hydrogen) atoms. The van der Waals surface area contributed by atoms with Gasteiger partial charge in [0.15, 0.2) is 5.82 Å². The number of benzene rings is 2. The van der Waals surface area contributed by atoms with Gasteiger partial charge in [-0.3, -0.25) is 9.59 Å². The van der Waals surface area contributed by atoms with Crippen molar-refractivity contribution in [3.05, 3.63) is 77.9 Å². The molecule has 1 aromatic heterocycles. The lowest BCUT2D eigenvalue weighted by Crippen LogP contribution is -2.53. The van der Waals surface area contributed by atoms with Crippen molar-refractivity contribution in [1.82, 2.24) is 20.0 Å². The molecular weight excluding hydrogens is 426 g/mol. The molecule has 2 aromatic carbocycles. The summed E-state index contributed by atoms with van der Waals surface area (Å²) >= 11 is 0. The highest BCUT2D eigenvalue weighted by atomic mass is 16.2. The number of aromatic nitrogens is 2. The molecule has 2 amide bonds. The fraction of sp³-hybridized carbons (Fsp3) is 0.333. The van der Waals surface area contributed by atoms with E-state index in [0.717, 1.165) is 17.1 Å². The normalized spacial score (nSPS) is 13.8. The quantitative estimate of drug-likeness (QED) is 0.565. The van der Waals surface area contributed by atoms with Crippen LogP contribution in [-0.2, 0) is 4.79 Å². The van der Waals surface area contributed by atoms with Gasteiger partial charge in [0, 0.05) is 43.3 Å². The first-order chi connectivity index (χ1) is 16.4. The largest absolute Gasteiger partial charge is 0.352 e. The number of hydrogen-bond donors (Lipinski definition) is 0. The second kappa shape index (κ2) is 10.5. The van der Waals surface area contributed by atoms with E-state index in [9.17, 15) is 9.59 Å². The highest BCUT2D eigenvalue weighted by molar-refractivity contribution is 5.96. The van der Waals surface area contributed by atoms with Gasteiger partial charge in [-0.25, -0.2) is 0 Å². The van der Waals surface area contributed by atoms with Crippen molar-refractivity contribution < 1.29 is 9.59 Å². The van der Waals surface area contributed by atoms with Crippen LogP contribution in [0.25, 0.3) is 11.3 Å². The summed E-state index contributed by atoms with van der Waals surface area (Å²) < 4.78 is 0. The lowest BCUT2D eigenvalue weighted by Gasteiger charge is -2.36. The summed E-state index contributed by atoms with van der Waals surface area (Å²) in [5.41, 5.74) is 3.69. The first-order valence-corrected chi connectivity index (χ1v) is 11.7. The van der Waals surface area contributed by atoms with Gasteiger partial charge >= 0.3 is 0 Å². The zero-order valence-corrected chi connectivity index (χ0v) is 20.0. The molecule has 0 radical (unpaired) electrons. The second-order valence-corrected chi connectivity index (χ2v) is 8.90. The molecule has 7 heteroatoms. The summed E-state index contributed by atoms with van der Waals surface area (Å²) in [5, 5.41) is 8.82. The topological polar surface area (TPSA) is 69.6 Å². The van der Waals surface area contributed by atoms with Gasteiger partial charge in [0.2, 0.25) is 5.91 Å². The number of anilines is 1. The van der Waals surface area contributed by atoms with E-state index in [2.05, 4.69) is 34.2 Å². The smallest absolute Gasteiger partial charge is 0.254 e. The Hall–Kier alpha value is -3.74. The van der Waals surface area contributed by atoms with Crippen LogP contribution in [0.5, 0.6) is 0 Å². The zero-order valence-electron chi connectivity index (χ0n) is 20.0. The molecule has 1 saturated heterocycles. The van der Waals surface area contributed by atoms with Gasteiger partial charge in [-0.15, -0.1) is 10.2 Å². The maximum Gasteiger partial charge on any atom is 0.254 e. The van der Waals surface area contributed by atoms with Gasteiger partial charge in [0.05, 0.1) is 5.69 Å². The third kappa shape index (κ3) is 5.42. The highest BCUT2D eigenvalue weighted by Crippen LogP contribution is 2.20. The predicted octanol–water partition coefficient (Wildman–Crippen LogP) is 3.65. The van der Waals surface area contributed by atoms with Crippen LogP contribution in [0, 0.1) is 6.92 Å². The zero-order chi connectivity index (χ0) is 24.1. The van der Waals surface area contributed by atoms with Gasteiger partial charge in [0.1, 0.15) is 6.54 Å². The summed E-state index contributed by atoms with van der Waals surface area (Å²) in [5.74, 6) is 0.663. The molecule has 0 bridgehead atoms. The van der Waals surface area contributed by atoms with Crippen molar-refractivity contribution in [3.63, 3.8) is 0 Å². The monoisotopic (exact) mass is 457 g/mol. The molecule has 0 N–H and O–H groups in total. The van der Waals surface area contributed by atoms with Gasteiger partial charge in [-0.2, -0.15) is 0 Å². The molecule has 176 valence electrons. The van der Waals surface area contributed by atoms with Crippen LogP contribution in [0.3, 0.4) is 0 Å². The van der Waals surface area contributed by atoms with E-state index in [-0.39, 0.29) is 24.4 Å². The predicted molar refractivity (Wildman–Crippen MR) is 134 cm³/mol. The van der Waals surface area contributed by atoms with Gasteiger partial charge in [-0.1, -0.05) is 48.0 Å². The van der Waals surface area contributed by atoms with Crippen molar-refractivity contribution in [2.45, 2.75) is 26.8 Å². The van der Waals surface area contributed by atoms with Gasteiger partial charge in [0.25, 0.3) is 5.91 Å². The molecule has 0 saturated carbocycles. The van der Waals surface area contributed by atoms with E-state index in [1.165, 1.54) is 5.56 Å². The number of nitrogens with zero attached hydrogens (tertiary/aromatic N) is 5. The second-order valence-electron chi connectivity index (χ2n) is 8.90. The van der Waals surface area contributed by atoms with E-state index in [1.54, 1.807) is 17.0 Å². The Kier molecular flexibility index (Phi) is 7.21. The Morgan fingerprint density at radius 2 is 1.56 bits per heavy atom. The molecule has 3 aromatic rings. The molecule has 1 aliphatic heterocycles. The molecule has 4 rings (SSSR count). The van der Waals surface area contributed by atoms with Gasteiger partial charge < -0.3 is 14.7 Å². The maximum absolute atomic E-state index is 13.0. The molecule has 0 aliphatic carbocycles. The molecule has 1 aliphatic rings. The third-order valence-corrected chi connectivity index (χ3v) is 6.16. The Morgan fingerprint density at radius 1 is 0.882 bits per heavy atom. The Balaban J connectivity index is 1.34. The summed E-state index contributed by atoms with van der Waals surface area (Å²) in [4.78, 5) is 31.5. The number of hydrogen-bond acceptors (Lipinski definition) is 5. The molecule has 1 fully saturated rings. The first-order valence-electron chi connectivity index (χ1n) is 11.7. The van der Waals surface area contributed by atoms with Crippen LogP contribution >= 0.6 is 0 Å². The molecule has 0 spiro atoms. The SMILES string of the molecule is Cc1ccc(-c2ccc(N3CCN(C(=O)CN(C(=O)c4ccccc4)C(C)C)CC3)nn2)cc1. The molecule has 7 nitrogen and oxygen atoms in total. The minimum Gasteiger partial charge on any atom is -0.352 e. The van der Waals surface area contributed by atoms with Crippen LogP contribution in [0.2, 0.25) is 0 Å². The molecular formula is C27H31N5O2. The van der Waals surface area contributed by atoms with Crippen LogP contribution in [0.4, 0.5) is 5.82 Å². The number of aryl methyl sites for hydroxylation is 1. The number of amides is 2. The van der Waals surface area contributed by atoms with Crippen molar-refractivity contribution in [2.24, 2.45) is 0 Å². The van der Waals surface area contributed by atoms with E-state index >= 15 is 0 Å². The number of carbonyl (C=O) groups is 2. The molecule has 2 heterocycles. The average molecular weight is 458 g/mol. The fourth-order valence-electron chi connectivity index (χ4n) is 4.04. The Morgan fingerprint density at radius 3 is 2.15 bits per heavy atom. The van der Waals surface area contributed by atoms with E-state index in [4.69, 9.17) is 0 Å². The van der Waals surface area contributed by atoms with E-state index < -0.39 is 0 Å². The standard InChI is InChI=1S/C27H31N5O2/c1-20(2)32(27(34)23-7-5-4-6-8-23)19-26(33)31-17-15-30(16-18-31)25-14-13-24(28-29-25)22-11-9-21(3)10-12-22/h4-14,20H,15-19H2,1-3H3. The highest BCUT2D eigenvalue weighted by Gasteiger charge is 2.27. The summed E-state index contributed by atoms with van der Waals surface area (Å²) in [6, 6.07) is 21.2.